The lowest BCUT2D eigenvalue weighted by Crippen LogP contribution is -2.36. The standard InChI is InChI=1S/C13H16Cl2N2O2.ClH/c14-9-3-8(4-10(15)5-9)12(18)6-17-13(19)7-16-11-1-2-11;/h3-5,11-12,16,18H,1-2,6-7H2,(H,17,19);1H. The lowest BCUT2D eigenvalue weighted by Gasteiger charge is -2.13. The van der Waals surface area contributed by atoms with Crippen molar-refractivity contribution in [2.24, 2.45) is 0 Å². The molecule has 2 rings (SSSR count). The Morgan fingerprint density at radius 3 is 2.45 bits per heavy atom. The molecule has 0 heterocycles. The van der Waals surface area contributed by atoms with Gasteiger partial charge in [0.15, 0.2) is 0 Å². The smallest absolute Gasteiger partial charge is 0.234 e. The van der Waals surface area contributed by atoms with Gasteiger partial charge in [-0.15, -0.1) is 12.4 Å². The number of hydrogen-bond acceptors (Lipinski definition) is 3. The van der Waals surface area contributed by atoms with Gasteiger partial charge < -0.3 is 15.7 Å². The summed E-state index contributed by atoms with van der Waals surface area (Å²) < 4.78 is 0. The predicted molar refractivity (Wildman–Crippen MR) is 82.7 cm³/mol. The maximum atomic E-state index is 11.5. The Kier molecular flexibility index (Phi) is 7.06. The van der Waals surface area contributed by atoms with E-state index in [1.807, 2.05) is 0 Å². The minimum atomic E-state index is -0.818. The Labute approximate surface area is 134 Å². The number of aliphatic hydroxyl groups is 1. The molecular weight excluding hydrogens is 323 g/mol. The van der Waals surface area contributed by atoms with Crippen LogP contribution in [-0.4, -0.2) is 30.1 Å². The molecule has 7 heteroatoms. The predicted octanol–water partition coefficient (Wildman–Crippen LogP) is 2.32. The van der Waals surface area contributed by atoms with Gasteiger partial charge in [-0.2, -0.15) is 0 Å². The van der Waals surface area contributed by atoms with Crippen molar-refractivity contribution in [2.45, 2.75) is 25.0 Å². The molecule has 0 aliphatic heterocycles. The second-order valence-corrected chi connectivity index (χ2v) is 5.55. The quantitative estimate of drug-likeness (QED) is 0.745. The van der Waals surface area contributed by atoms with Gasteiger partial charge in [0.2, 0.25) is 5.91 Å². The Morgan fingerprint density at radius 2 is 1.90 bits per heavy atom. The lowest BCUT2D eigenvalue weighted by molar-refractivity contribution is -0.120. The molecule has 1 atom stereocenters. The number of carbonyl (C=O) groups excluding carboxylic acids is 1. The van der Waals surface area contributed by atoms with Gasteiger partial charge in [0, 0.05) is 22.6 Å². The summed E-state index contributed by atoms with van der Waals surface area (Å²) in [4.78, 5) is 11.5. The number of rotatable bonds is 6. The number of aliphatic hydroxyl groups excluding tert-OH is 1. The fourth-order valence-electron chi connectivity index (χ4n) is 1.68. The van der Waals surface area contributed by atoms with E-state index >= 15 is 0 Å². The van der Waals surface area contributed by atoms with Crippen LogP contribution in [0.3, 0.4) is 0 Å². The topological polar surface area (TPSA) is 61.4 Å². The minimum Gasteiger partial charge on any atom is -0.387 e. The first-order valence-electron chi connectivity index (χ1n) is 6.19. The van der Waals surface area contributed by atoms with Crippen LogP contribution in [0.15, 0.2) is 18.2 Å². The first kappa shape index (κ1) is 17.5. The zero-order valence-corrected chi connectivity index (χ0v) is 13.1. The molecule has 1 fully saturated rings. The number of carbonyl (C=O) groups is 1. The van der Waals surface area contributed by atoms with E-state index in [2.05, 4.69) is 10.6 Å². The van der Waals surface area contributed by atoms with Crippen LogP contribution in [0, 0.1) is 0 Å². The molecule has 4 nitrogen and oxygen atoms in total. The fraction of sp³-hybridized carbons (Fsp3) is 0.462. The van der Waals surface area contributed by atoms with E-state index in [-0.39, 0.29) is 31.4 Å². The average Bonchev–Trinajstić information content (AvgIpc) is 3.16. The van der Waals surface area contributed by atoms with Gasteiger partial charge in [0.1, 0.15) is 0 Å². The molecule has 1 aliphatic carbocycles. The van der Waals surface area contributed by atoms with Crippen molar-refractivity contribution < 1.29 is 9.90 Å². The second kappa shape index (κ2) is 8.05. The van der Waals surface area contributed by atoms with Crippen LogP contribution in [0.4, 0.5) is 0 Å². The number of halogens is 3. The van der Waals surface area contributed by atoms with Gasteiger partial charge in [-0.1, -0.05) is 23.2 Å². The normalized spacial score (nSPS) is 15.3. The van der Waals surface area contributed by atoms with Gasteiger partial charge in [0.05, 0.1) is 12.6 Å². The maximum Gasteiger partial charge on any atom is 0.234 e. The van der Waals surface area contributed by atoms with Crippen molar-refractivity contribution in [1.82, 2.24) is 10.6 Å². The summed E-state index contributed by atoms with van der Waals surface area (Å²) in [6.45, 7) is 0.426. The molecule has 20 heavy (non-hydrogen) atoms. The first-order chi connectivity index (χ1) is 9.04. The van der Waals surface area contributed by atoms with Gasteiger partial charge in [-0.05, 0) is 36.6 Å². The zero-order chi connectivity index (χ0) is 13.8. The van der Waals surface area contributed by atoms with E-state index in [9.17, 15) is 9.90 Å². The molecule has 1 unspecified atom stereocenters. The molecule has 0 bridgehead atoms. The minimum absolute atomic E-state index is 0. The zero-order valence-electron chi connectivity index (χ0n) is 10.7. The van der Waals surface area contributed by atoms with Crippen molar-refractivity contribution in [2.75, 3.05) is 13.1 Å². The second-order valence-electron chi connectivity index (χ2n) is 4.68. The van der Waals surface area contributed by atoms with Crippen LogP contribution in [0.25, 0.3) is 0 Å². The van der Waals surface area contributed by atoms with E-state index < -0.39 is 6.10 Å². The van der Waals surface area contributed by atoms with Crippen LogP contribution in [0.1, 0.15) is 24.5 Å². The summed E-state index contributed by atoms with van der Waals surface area (Å²) in [6.07, 6.45) is 1.45. The molecule has 0 spiro atoms. The summed E-state index contributed by atoms with van der Waals surface area (Å²) in [5.41, 5.74) is 0.591. The molecule has 1 aromatic rings. The monoisotopic (exact) mass is 338 g/mol. The Balaban J connectivity index is 0.00000200. The lowest BCUT2D eigenvalue weighted by atomic mass is 10.1. The highest BCUT2D eigenvalue weighted by atomic mass is 35.5. The third-order valence-electron chi connectivity index (χ3n) is 2.89. The molecule has 0 aromatic heterocycles. The molecule has 1 amide bonds. The Morgan fingerprint density at radius 1 is 1.30 bits per heavy atom. The van der Waals surface area contributed by atoms with E-state index in [0.717, 1.165) is 12.8 Å². The highest BCUT2D eigenvalue weighted by Crippen LogP contribution is 2.23. The molecule has 0 saturated heterocycles. The Hall–Kier alpha value is -0.520. The van der Waals surface area contributed by atoms with Gasteiger partial charge in [0.25, 0.3) is 0 Å². The number of hydrogen-bond donors (Lipinski definition) is 3. The SMILES string of the molecule is Cl.O=C(CNC1CC1)NCC(O)c1cc(Cl)cc(Cl)c1. The number of nitrogens with one attached hydrogen (secondary N) is 2. The van der Waals surface area contributed by atoms with Crippen LogP contribution >= 0.6 is 35.6 Å². The summed E-state index contributed by atoms with van der Waals surface area (Å²) in [6, 6.07) is 5.35. The first-order valence-corrected chi connectivity index (χ1v) is 6.94. The molecule has 1 aliphatic rings. The highest BCUT2D eigenvalue weighted by Gasteiger charge is 2.21. The molecule has 0 radical (unpaired) electrons. The van der Waals surface area contributed by atoms with Gasteiger partial charge in [-0.25, -0.2) is 0 Å². The van der Waals surface area contributed by atoms with Crippen LogP contribution in [0.5, 0.6) is 0 Å². The van der Waals surface area contributed by atoms with Crippen molar-refractivity contribution in [1.29, 1.82) is 0 Å². The van der Waals surface area contributed by atoms with Crippen LogP contribution in [-0.2, 0) is 4.79 Å². The van der Waals surface area contributed by atoms with E-state index in [1.54, 1.807) is 18.2 Å². The third-order valence-corrected chi connectivity index (χ3v) is 3.33. The van der Waals surface area contributed by atoms with Crippen molar-refractivity contribution >= 4 is 41.5 Å². The fourth-order valence-corrected chi connectivity index (χ4v) is 2.23. The van der Waals surface area contributed by atoms with E-state index in [1.165, 1.54) is 0 Å². The summed E-state index contributed by atoms with van der Waals surface area (Å²) in [7, 11) is 0. The van der Waals surface area contributed by atoms with E-state index in [0.29, 0.717) is 21.7 Å². The molecule has 1 saturated carbocycles. The third kappa shape index (κ3) is 5.85. The van der Waals surface area contributed by atoms with Crippen molar-refractivity contribution in [3.05, 3.63) is 33.8 Å². The highest BCUT2D eigenvalue weighted by molar-refractivity contribution is 6.34. The molecule has 3 N–H and O–H groups in total. The molecule has 112 valence electrons. The largest absolute Gasteiger partial charge is 0.387 e. The van der Waals surface area contributed by atoms with Gasteiger partial charge in [-0.3, -0.25) is 4.79 Å². The molecule has 1 aromatic carbocycles. The van der Waals surface area contributed by atoms with Crippen LogP contribution in [0.2, 0.25) is 10.0 Å². The number of benzene rings is 1. The van der Waals surface area contributed by atoms with Crippen molar-refractivity contribution in [3.63, 3.8) is 0 Å². The van der Waals surface area contributed by atoms with Crippen molar-refractivity contribution in [3.8, 4) is 0 Å². The summed E-state index contributed by atoms with van der Waals surface area (Å²) >= 11 is 11.7. The Bertz CT molecular complexity index is 447. The molecular formula is C13H17Cl3N2O2. The number of amides is 1. The van der Waals surface area contributed by atoms with Crippen LogP contribution < -0.4 is 10.6 Å². The summed E-state index contributed by atoms with van der Waals surface area (Å²) in [5.74, 6) is -0.126. The maximum absolute atomic E-state index is 11.5. The average molecular weight is 340 g/mol. The van der Waals surface area contributed by atoms with Gasteiger partial charge >= 0.3 is 0 Å². The van der Waals surface area contributed by atoms with E-state index in [4.69, 9.17) is 23.2 Å². The summed E-state index contributed by atoms with van der Waals surface area (Å²) in [5, 5.41) is 16.6.